The topological polar surface area (TPSA) is 44.5 Å². The number of benzene rings is 1. The molecule has 1 aromatic rings. The van der Waals surface area contributed by atoms with Gasteiger partial charge in [0, 0.05) is 6.54 Å². The summed E-state index contributed by atoms with van der Waals surface area (Å²) in [6.45, 7) is 4.54. The van der Waals surface area contributed by atoms with Crippen LogP contribution in [0.3, 0.4) is 0 Å². The third kappa shape index (κ3) is 6.29. The fraction of sp³-hybridized carbons (Fsp3) is 0.571. The second kappa shape index (κ2) is 9.02. The van der Waals surface area contributed by atoms with E-state index >= 15 is 0 Å². The Morgan fingerprint density at radius 3 is 2.47 bits per heavy atom. The van der Waals surface area contributed by atoms with Crippen molar-refractivity contribution in [3.05, 3.63) is 29.8 Å². The smallest absolute Gasteiger partial charge is 0.119 e. The Morgan fingerprint density at radius 2 is 1.82 bits per heavy atom. The van der Waals surface area contributed by atoms with Crippen LogP contribution < -0.4 is 10.5 Å². The summed E-state index contributed by atoms with van der Waals surface area (Å²) in [5.41, 5.74) is 6.69. The predicted molar refractivity (Wildman–Crippen MR) is 70.4 cm³/mol. The molecule has 0 saturated carbocycles. The molecule has 0 aliphatic rings. The van der Waals surface area contributed by atoms with Gasteiger partial charge in [-0.1, -0.05) is 25.5 Å². The Labute approximate surface area is 104 Å². The number of nitrogens with two attached hydrogens (primary N) is 1. The molecule has 0 heterocycles. The van der Waals surface area contributed by atoms with E-state index in [1.165, 1.54) is 18.4 Å². The van der Waals surface area contributed by atoms with Gasteiger partial charge in [-0.25, -0.2) is 0 Å². The Hall–Kier alpha value is -1.06. The van der Waals surface area contributed by atoms with Gasteiger partial charge in [-0.05, 0) is 30.5 Å². The maximum absolute atomic E-state index is 5.55. The molecule has 3 heteroatoms. The molecule has 1 aromatic carbocycles. The highest BCUT2D eigenvalue weighted by Crippen LogP contribution is 2.13. The minimum atomic E-state index is 0.562. The molecule has 2 N–H and O–H groups in total. The first-order valence-corrected chi connectivity index (χ1v) is 6.36. The molecular weight excluding hydrogens is 214 g/mol. The largest absolute Gasteiger partial charge is 0.491 e. The van der Waals surface area contributed by atoms with Gasteiger partial charge >= 0.3 is 0 Å². The van der Waals surface area contributed by atoms with Crippen LogP contribution in [0.15, 0.2) is 24.3 Å². The summed E-state index contributed by atoms with van der Waals surface area (Å²) in [4.78, 5) is 0. The van der Waals surface area contributed by atoms with E-state index in [0.717, 1.165) is 12.2 Å². The van der Waals surface area contributed by atoms with Crippen molar-refractivity contribution in [3.63, 3.8) is 0 Å². The van der Waals surface area contributed by atoms with Crippen molar-refractivity contribution >= 4 is 0 Å². The minimum absolute atomic E-state index is 0.562. The van der Waals surface area contributed by atoms with Gasteiger partial charge in [0.05, 0.1) is 13.2 Å². The molecule has 1 rings (SSSR count). The first-order chi connectivity index (χ1) is 8.36. The van der Waals surface area contributed by atoms with Crippen LogP contribution in [0.5, 0.6) is 5.75 Å². The van der Waals surface area contributed by atoms with Crippen molar-refractivity contribution in [2.24, 2.45) is 5.73 Å². The maximum Gasteiger partial charge on any atom is 0.119 e. The average Bonchev–Trinajstić information content (AvgIpc) is 2.37. The molecule has 0 unspecified atom stereocenters. The zero-order valence-electron chi connectivity index (χ0n) is 10.7. The fourth-order valence-corrected chi connectivity index (χ4v) is 1.54. The lowest BCUT2D eigenvalue weighted by Gasteiger charge is -2.07. The zero-order chi connectivity index (χ0) is 12.3. The Bertz CT molecular complexity index is 285. The summed E-state index contributed by atoms with van der Waals surface area (Å²) >= 11 is 0. The molecule has 17 heavy (non-hydrogen) atoms. The van der Waals surface area contributed by atoms with Gasteiger partial charge in [0.25, 0.3) is 0 Å². The summed E-state index contributed by atoms with van der Waals surface area (Å²) in [6, 6.07) is 8.30. The molecule has 0 aliphatic carbocycles. The van der Waals surface area contributed by atoms with E-state index in [1.54, 1.807) is 0 Å². The maximum atomic E-state index is 5.55. The Balaban J connectivity index is 2.20. The SMILES string of the molecule is CCCCc1ccc(OCCOCCN)cc1. The highest BCUT2D eigenvalue weighted by Gasteiger charge is 1.95. The van der Waals surface area contributed by atoms with E-state index < -0.39 is 0 Å². The third-order valence-corrected chi connectivity index (χ3v) is 2.50. The van der Waals surface area contributed by atoms with Crippen molar-refractivity contribution in [1.82, 2.24) is 0 Å². The highest BCUT2D eigenvalue weighted by atomic mass is 16.5. The van der Waals surface area contributed by atoms with Crippen LogP contribution in [0.2, 0.25) is 0 Å². The second-order valence-corrected chi connectivity index (χ2v) is 4.00. The van der Waals surface area contributed by atoms with Crippen LogP contribution in [-0.4, -0.2) is 26.4 Å². The molecule has 3 nitrogen and oxygen atoms in total. The van der Waals surface area contributed by atoms with Crippen LogP contribution in [-0.2, 0) is 11.2 Å². The summed E-state index contributed by atoms with van der Waals surface area (Å²) in [7, 11) is 0. The van der Waals surface area contributed by atoms with E-state index in [-0.39, 0.29) is 0 Å². The van der Waals surface area contributed by atoms with Gasteiger partial charge in [0.2, 0.25) is 0 Å². The third-order valence-electron chi connectivity index (χ3n) is 2.50. The average molecular weight is 237 g/mol. The van der Waals surface area contributed by atoms with Crippen LogP contribution >= 0.6 is 0 Å². The van der Waals surface area contributed by atoms with Crippen LogP contribution in [0.1, 0.15) is 25.3 Å². The minimum Gasteiger partial charge on any atom is -0.491 e. The van der Waals surface area contributed by atoms with Crippen molar-refractivity contribution < 1.29 is 9.47 Å². The lowest BCUT2D eigenvalue weighted by atomic mass is 10.1. The van der Waals surface area contributed by atoms with Gasteiger partial charge in [-0.2, -0.15) is 0 Å². The van der Waals surface area contributed by atoms with Crippen LogP contribution in [0, 0.1) is 0 Å². The molecular formula is C14H23NO2. The predicted octanol–water partition coefficient (Wildman–Crippen LogP) is 2.38. The summed E-state index contributed by atoms with van der Waals surface area (Å²) in [6.07, 6.45) is 3.63. The fourth-order valence-electron chi connectivity index (χ4n) is 1.54. The van der Waals surface area contributed by atoms with E-state index in [0.29, 0.717) is 26.4 Å². The van der Waals surface area contributed by atoms with E-state index in [9.17, 15) is 0 Å². The lowest BCUT2D eigenvalue weighted by molar-refractivity contribution is 0.106. The van der Waals surface area contributed by atoms with Crippen molar-refractivity contribution in [3.8, 4) is 5.75 Å². The number of hydrogen-bond donors (Lipinski definition) is 1. The summed E-state index contributed by atoms with van der Waals surface area (Å²) < 4.78 is 10.8. The quantitative estimate of drug-likeness (QED) is 0.671. The normalized spacial score (nSPS) is 10.5. The molecule has 0 radical (unpaired) electrons. The van der Waals surface area contributed by atoms with E-state index in [2.05, 4.69) is 19.1 Å². The molecule has 0 aliphatic heterocycles. The number of rotatable bonds is 9. The van der Waals surface area contributed by atoms with Gasteiger partial charge in [-0.3, -0.25) is 0 Å². The van der Waals surface area contributed by atoms with Crippen molar-refractivity contribution in [2.45, 2.75) is 26.2 Å². The molecule has 0 amide bonds. The number of hydrogen-bond acceptors (Lipinski definition) is 3. The number of ether oxygens (including phenoxy) is 2. The molecule has 0 spiro atoms. The highest BCUT2D eigenvalue weighted by molar-refractivity contribution is 5.27. The first kappa shape index (κ1) is 14.0. The van der Waals surface area contributed by atoms with Gasteiger partial charge in [-0.15, -0.1) is 0 Å². The van der Waals surface area contributed by atoms with E-state index in [1.807, 2.05) is 12.1 Å². The van der Waals surface area contributed by atoms with Crippen LogP contribution in [0.25, 0.3) is 0 Å². The van der Waals surface area contributed by atoms with Gasteiger partial charge in [0.1, 0.15) is 12.4 Å². The number of aryl methyl sites for hydroxylation is 1. The molecule has 0 saturated heterocycles. The number of unbranched alkanes of at least 4 members (excludes halogenated alkanes) is 1. The Kier molecular flexibility index (Phi) is 7.43. The molecule has 0 atom stereocenters. The first-order valence-electron chi connectivity index (χ1n) is 6.36. The molecule has 0 fully saturated rings. The molecule has 0 bridgehead atoms. The van der Waals surface area contributed by atoms with Crippen molar-refractivity contribution in [2.75, 3.05) is 26.4 Å². The summed E-state index contributed by atoms with van der Waals surface area (Å²) in [5, 5.41) is 0. The zero-order valence-corrected chi connectivity index (χ0v) is 10.7. The lowest BCUT2D eigenvalue weighted by Crippen LogP contribution is -2.13. The monoisotopic (exact) mass is 237 g/mol. The molecule has 0 aromatic heterocycles. The van der Waals surface area contributed by atoms with E-state index in [4.69, 9.17) is 15.2 Å². The summed E-state index contributed by atoms with van der Waals surface area (Å²) in [5.74, 6) is 0.904. The van der Waals surface area contributed by atoms with Gasteiger partial charge in [0.15, 0.2) is 0 Å². The van der Waals surface area contributed by atoms with Crippen LogP contribution in [0.4, 0.5) is 0 Å². The Morgan fingerprint density at radius 1 is 1.06 bits per heavy atom. The second-order valence-electron chi connectivity index (χ2n) is 4.00. The van der Waals surface area contributed by atoms with Gasteiger partial charge < -0.3 is 15.2 Å². The standard InChI is InChI=1S/C14H23NO2/c1-2-3-4-13-5-7-14(8-6-13)17-12-11-16-10-9-15/h5-8H,2-4,9-12,15H2,1H3. The van der Waals surface area contributed by atoms with Crippen molar-refractivity contribution in [1.29, 1.82) is 0 Å². The molecule has 96 valence electrons.